The molecule has 4 rings (SSSR count). The Bertz CT molecular complexity index is 934. The lowest BCUT2D eigenvalue weighted by molar-refractivity contribution is -0.148. The minimum atomic E-state index is -0.969. The van der Waals surface area contributed by atoms with E-state index >= 15 is 0 Å². The standard InChI is InChI=1S/C22H19NO4/c1-22(13-11-19(24)27-22)20-18-10-6-5-9-17(18)12-14-23(20)21(25)26-15-16-7-3-2-4-8-16/h2-14,20H,15H2,1H3/t20-,22-/m1/s1. The van der Waals surface area contributed by atoms with E-state index < -0.39 is 23.7 Å². The Morgan fingerprint density at radius 3 is 2.59 bits per heavy atom. The van der Waals surface area contributed by atoms with Gasteiger partial charge in [0, 0.05) is 12.3 Å². The number of esters is 1. The summed E-state index contributed by atoms with van der Waals surface area (Å²) < 4.78 is 11.1. The number of amides is 1. The van der Waals surface area contributed by atoms with Crippen molar-refractivity contribution in [3.8, 4) is 0 Å². The van der Waals surface area contributed by atoms with Crippen molar-refractivity contribution in [3.63, 3.8) is 0 Å². The largest absolute Gasteiger partial charge is 0.449 e. The van der Waals surface area contributed by atoms with Crippen molar-refractivity contribution in [3.05, 3.63) is 89.6 Å². The van der Waals surface area contributed by atoms with Gasteiger partial charge in [0.15, 0.2) is 5.60 Å². The van der Waals surface area contributed by atoms with E-state index in [0.717, 1.165) is 16.7 Å². The van der Waals surface area contributed by atoms with Crippen LogP contribution >= 0.6 is 0 Å². The van der Waals surface area contributed by atoms with Gasteiger partial charge in [-0.1, -0.05) is 54.6 Å². The number of hydrogen-bond acceptors (Lipinski definition) is 4. The first-order valence-corrected chi connectivity index (χ1v) is 8.75. The van der Waals surface area contributed by atoms with E-state index in [0.29, 0.717) is 0 Å². The molecular formula is C22H19NO4. The summed E-state index contributed by atoms with van der Waals surface area (Å²) in [4.78, 5) is 26.1. The van der Waals surface area contributed by atoms with Crippen LogP contribution in [-0.4, -0.2) is 22.6 Å². The molecule has 0 saturated carbocycles. The molecule has 2 aliphatic heterocycles. The van der Waals surface area contributed by atoms with Gasteiger partial charge in [-0.05, 0) is 35.8 Å². The third-order valence-electron chi connectivity index (χ3n) is 4.81. The Morgan fingerprint density at radius 1 is 1.11 bits per heavy atom. The number of carbonyl (C=O) groups excluding carboxylic acids is 2. The molecule has 5 nitrogen and oxygen atoms in total. The molecule has 2 atom stereocenters. The molecule has 0 spiro atoms. The van der Waals surface area contributed by atoms with Gasteiger partial charge in [0.2, 0.25) is 0 Å². The number of ether oxygens (including phenoxy) is 2. The van der Waals surface area contributed by atoms with Gasteiger partial charge in [0.05, 0.1) is 0 Å². The normalized spacial score (nSPS) is 23.1. The molecular weight excluding hydrogens is 342 g/mol. The summed E-state index contributed by atoms with van der Waals surface area (Å²) in [5.41, 5.74) is 1.82. The molecule has 0 aliphatic carbocycles. The Labute approximate surface area is 157 Å². The maximum absolute atomic E-state index is 12.9. The van der Waals surface area contributed by atoms with Crippen molar-refractivity contribution in [2.75, 3.05) is 0 Å². The number of rotatable bonds is 3. The molecule has 5 heteroatoms. The second kappa shape index (κ2) is 6.76. The summed E-state index contributed by atoms with van der Waals surface area (Å²) in [5.74, 6) is -0.415. The lowest BCUT2D eigenvalue weighted by Gasteiger charge is -2.40. The fraction of sp³-hybridized carbons (Fsp3) is 0.182. The number of carbonyl (C=O) groups is 2. The zero-order valence-corrected chi connectivity index (χ0v) is 14.9. The third kappa shape index (κ3) is 3.24. The van der Waals surface area contributed by atoms with Crippen LogP contribution in [0.3, 0.4) is 0 Å². The molecule has 0 bridgehead atoms. The summed E-state index contributed by atoms with van der Waals surface area (Å²) in [6.45, 7) is 1.97. The van der Waals surface area contributed by atoms with Gasteiger partial charge in [0.25, 0.3) is 0 Å². The second-order valence-corrected chi connectivity index (χ2v) is 6.73. The van der Waals surface area contributed by atoms with Crippen molar-refractivity contribution in [2.24, 2.45) is 0 Å². The van der Waals surface area contributed by atoms with Crippen molar-refractivity contribution in [1.29, 1.82) is 0 Å². The average molecular weight is 361 g/mol. The van der Waals surface area contributed by atoms with Gasteiger partial charge in [0.1, 0.15) is 12.6 Å². The second-order valence-electron chi connectivity index (χ2n) is 6.73. The molecule has 0 unspecified atom stereocenters. The van der Waals surface area contributed by atoms with Crippen LogP contribution in [0.15, 0.2) is 72.9 Å². The highest BCUT2D eigenvalue weighted by atomic mass is 16.6. The quantitative estimate of drug-likeness (QED) is 0.768. The maximum atomic E-state index is 12.9. The Kier molecular flexibility index (Phi) is 4.28. The van der Waals surface area contributed by atoms with E-state index in [4.69, 9.17) is 9.47 Å². The molecule has 0 fully saturated rings. The van der Waals surface area contributed by atoms with Crippen LogP contribution in [0, 0.1) is 0 Å². The van der Waals surface area contributed by atoms with Crippen LogP contribution in [0.4, 0.5) is 4.79 Å². The lowest BCUT2D eigenvalue weighted by Crippen LogP contribution is -2.45. The number of benzene rings is 2. The summed E-state index contributed by atoms with van der Waals surface area (Å²) >= 11 is 0. The number of hydrogen-bond donors (Lipinski definition) is 0. The van der Waals surface area contributed by atoms with Gasteiger partial charge in [-0.15, -0.1) is 0 Å². The maximum Gasteiger partial charge on any atom is 0.414 e. The topological polar surface area (TPSA) is 55.8 Å². The van der Waals surface area contributed by atoms with E-state index in [1.807, 2.05) is 60.7 Å². The molecule has 2 aromatic rings. The summed E-state index contributed by atoms with van der Waals surface area (Å²) in [6.07, 6.45) is 6.15. The van der Waals surface area contributed by atoms with Crippen LogP contribution in [-0.2, 0) is 20.9 Å². The van der Waals surface area contributed by atoms with Crippen LogP contribution in [0.1, 0.15) is 29.7 Å². The third-order valence-corrected chi connectivity index (χ3v) is 4.81. The highest BCUT2D eigenvalue weighted by molar-refractivity contribution is 5.86. The summed E-state index contributed by atoms with van der Waals surface area (Å²) in [7, 11) is 0. The van der Waals surface area contributed by atoms with Crippen LogP contribution in [0.2, 0.25) is 0 Å². The predicted molar refractivity (Wildman–Crippen MR) is 100 cm³/mol. The minimum Gasteiger partial charge on any atom is -0.449 e. The van der Waals surface area contributed by atoms with E-state index in [2.05, 4.69) is 0 Å². The van der Waals surface area contributed by atoms with Gasteiger partial charge < -0.3 is 9.47 Å². The van der Waals surface area contributed by atoms with Crippen molar-refractivity contribution >= 4 is 18.1 Å². The summed E-state index contributed by atoms with van der Waals surface area (Å²) in [6, 6.07) is 16.7. The SMILES string of the molecule is C[C@]1([C@H]2c3ccccc3C=CN2C(=O)OCc2ccccc2)C=CC(=O)O1. The molecule has 0 radical (unpaired) electrons. The molecule has 27 heavy (non-hydrogen) atoms. The molecule has 0 saturated heterocycles. The van der Waals surface area contributed by atoms with Crippen LogP contribution in [0.25, 0.3) is 6.08 Å². The first-order valence-electron chi connectivity index (χ1n) is 8.75. The van der Waals surface area contributed by atoms with Crippen LogP contribution in [0.5, 0.6) is 0 Å². The zero-order chi connectivity index (χ0) is 18.9. The van der Waals surface area contributed by atoms with Gasteiger partial charge in [-0.2, -0.15) is 0 Å². The highest BCUT2D eigenvalue weighted by Crippen LogP contribution is 2.43. The van der Waals surface area contributed by atoms with E-state index in [1.165, 1.54) is 11.0 Å². The smallest absolute Gasteiger partial charge is 0.414 e. The van der Waals surface area contributed by atoms with E-state index in [-0.39, 0.29) is 6.61 Å². The highest BCUT2D eigenvalue weighted by Gasteiger charge is 2.46. The summed E-state index contributed by atoms with van der Waals surface area (Å²) in [5, 5.41) is 0. The van der Waals surface area contributed by atoms with E-state index in [1.54, 1.807) is 19.2 Å². The number of cyclic esters (lactones) is 1. The molecule has 0 N–H and O–H groups in total. The number of nitrogens with zero attached hydrogens (tertiary/aromatic N) is 1. The lowest BCUT2D eigenvalue weighted by atomic mass is 9.85. The van der Waals surface area contributed by atoms with Crippen molar-refractivity contribution in [2.45, 2.75) is 25.2 Å². The fourth-order valence-electron chi connectivity index (χ4n) is 3.52. The molecule has 2 aromatic carbocycles. The Hall–Kier alpha value is -3.34. The first kappa shape index (κ1) is 17.1. The Morgan fingerprint density at radius 2 is 1.85 bits per heavy atom. The number of fused-ring (bicyclic) bond motifs is 1. The van der Waals surface area contributed by atoms with Crippen molar-refractivity contribution < 1.29 is 19.1 Å². The molecule has 2 aliphatic rings. The predicted octanol–water partition coefficient (Wildman–Crippen LogP) is 4.22. The average Bonchev–Trinajstić information content (AvgIpc) is 3.05. The van der Waals surface area contributed by atoms with Gasteiger partial charge in [-0.25, -0.2) is 9.59 Å². The fourth-order valence-corrected chi connectivity index (χ4v) is 3.52. The molecule has 136 valence electrons. The van der Waals surface area contributed by atoms with Crippen LogP contribution < -0.4 is 0 Å². The van der Waals surface area contributed by atoms with Gasteiger partial charge >= 0.3 is 12.1 Å². The zero-order valence-electron chi connectivity index (χ0n) is 14.9. The van der Waals surface area contributed by atoms with E-state index in [9.17, 15) is 9.59 Å². The molecule has 0 aromatic heterocycles. The minimum absolute atomic E-state index is 0.171. The molecule has 2 heterocycles. The Balaban J connectivity index is 1.63. The first-order chi connectivity index (χ1) is 13.1. The van der Waals surface area contributed by atoms with Crippen molar-refractivity contribution in [1.82, 2.24) is 4.90 Å². The van der Waals surface area contributed by atoms with Gasteiger partial charge in [-0.3, -0.25) is 4.90 Å². The molecule has 1 amide bonds. The monoisotopic (exact) mass is 361 g/mol.